The third-order valence-electron chi connectivity index (χ3n) is 6.29. The van der Waals surface area contributed by atoms with Crippen molar-refractivity contribution in [3.63, 3.8) is 0 Å². The lowest BCUT2D eigenvalue weighted by molar-refractivity contribution is 0.0635. The third-order valence-corrected chi connectivity index (χ3v) is 6.29. The predicted molar refractivity (Wildman–Crippen MR) is 138 cm³/mol. The summed E-state index contributed by atoms with van der Waals surface area (Å²) in [4.78, 5) is 18.9. The Hall–Kier alpha value is -3.53. The number of hydrogen-bond acceptors (Lipinski definition) is 8. The molecule has 3 aromatic rings. The van der Waals surface area contributed by atoms with Gasteiger partial charge in [-0.3, -0.25) is 5.32 Å². The van der Waals surface area contributed by atoms with Crippen LogP contribution in [0.15, 0.2) is 24.5 Å². The zero-order valence-corrected chi connectivity index (χ0v) is 21.3. The molecule has 4 N–H and O–H groups in total. The van der Waals surface area contributed by atoms with Crippen LogP contribution in [0.2, 0.25) is 0 Å². The highest BCUT2D eigenvalue weighted by Gasteiger charge is 2.27. The Morgan fingerprint density at radius 3 is 2.57 bits per heavy atom. The highest BCUT2D eigenvalue weighted by molar-refractivity contribution is 5.95. The fourth-order valence-corrected chi connectivity index (χ4v) is 4.68. The van der Waals surface area contributed by atoms with E-state index in [4.69, 9.17) is 15.2 Å². The second-order valence-electron chi connectivity index (χ2n) is 9.82. The van der Waals surface area contributed by atoms with Crippen LogP contribution >= 0.6 is 0 Å². The Labute approximate surface area is 205 Å². The third kappa shape index (κ3) is 4.97. The molecule has 1 amide bonds. The van der Waals surface area contributed by atoms with Crippen molar-refractivity contribution in [2.24, 2.45) is 0 Å². The summed E-state index contributed by atoms with van der Waals surface area (Å²) < 4.78 is 12.9. The van der Waals surface area contributed by atoms with Crippen LogP contribution < -0.4 is 26.0 Å². The van der Waals surface area contributed by atoms with Gasteiger partial charge in [-0.25, -0.2) is 14.3 Å². The van der Waals surface area contributed by atoms with Crippen molar-refractivity contribution >= 4 is 28.9 Å². The van der Waals surface area contributed by atoms with Gasteiger partial charge in [-0.2, -0.15) is 5.10 Å². The number of nitrogen functional groups attached to an aromatic ring is 1. The van der Waals surface area contributed by atoms with Gasteiger partial charge < -0.3 is 25.4 Å². The summed E-state index contributed by atoms with van der Waals surface area (Å²) in [6.07, 6.45) is 3.05. The van der Waals surface area contributed by atoms with E-state index in [9.17, 15) is 4.79 Å². The van der Waals surface area contributed by atoms with E-state index in [0.717, 1.165) is 54.0 Å². The summed E-state index contributed by atoms with van der Waals surface area (Å²) in [5.41, 5.74) is 9.94. The molecule has 0 radical (unpaired) electrons. The van der Waals surface area contributed by atoms with E-state index < -0.39 is 11.7 Å². The fraction of sp³-hybridized carbons (Fsp3) is 0.480. The summed E-state index contributed by atoms with van der Waals surface area (Å²) in [6, 6.07) is 6.14. The van der Waals surface area contributed by atoms with Crippen molar-refractivity contribution in [3.8, 4) is 16.9 Å². The van der Waals surface area contributed by atoms with Crippen molar-refractivity contribution in [2.45, 2.75) is 52.2 Å². The van der Waals surface area contributed by atoms with E-state index in [2.05, 4.69) is 32.5 Å². The number of fused-ring (bicyclic) bond motifs is 1. The monoisotopic (exact) mass is 481 g/mol. The van der Waals surface area contributed by atoms with Gasteiger partial charge in [-0.05, 0) is 65.3 Å². The van der Waals surface area contributed by atoms with Crippen LogP contribution in [-0.2, 0) is 4.74 Å². The molecule has 2 aromatic heterocycles. The van der Waals surface area contributed by atoms with Gasteiger partial charge in [0.1, 0.15) is 29.0 Å². The molecule has 0 unspecified atom stereocenters. The van der Waals surface area contributed by atoms with Crippen molar-refractivity contribution in [1.82, 2.24) is 19.9 Å². The summed E-state index contributed by atoms with van der Waals surface area (Å²) in [5, 5.41) is 10.7. The van der Waals surface area contributed by atoms with E-state index in [1.54, 1.807) is 13.2 Å². The van der Waals surface area contributed by atoms with Crippen molar-refractivity contribution in [3.05, 3.63) is 30.1 Å². The molecule has 188 valence electrons. The van der Waals surface area contributed by atoms with Gasteiger partial charge in [0.05, 0.1) is 12.8 Å². The molecule has 1 saturated heterocycles. The molecule has 0 saturated carbocycles. The molecule has 0 aliphatic carbocycles. The van der Waals surface area contributed by atoms with E-state index in [1.807, 2.05) is 44.5 Å². The molecule has 10 nitrogen and oxygen atoms in total. The van der Waals surface area contributed by atoms with Crippen LogP contribution in [0, 0.1) is 6.92 Å². The molecule has 0 spiro atoms. The number of nitrogens with two attached hydrogens (primary N) is 1. The Balaban J connectivity index is 1.76. The van der Waals surface area contributed by atoms with Gasteiger partial charge in [0.2, 0.25) is 0 Å². The number of nitrogens with zero attached hydrogens (tertiary/aromatic N) is 4. The number of carbonyl (C=O) groups is 1. The first-order valence-corrected chi connectivity index (χ1v) is 11.8. The number of benzene rings is 1. The molecule has 1 fully saturated rings. The van der Waals surface area contributed by atoms with Gasteiger partial charge in [0.25, 0.3) is 0 Å². The van der Waals surface area contributed by atoms with Gasteiger partial charge >= 0.3 is 6.09 Å². The molecule has 4 rings (SSSR count). The van der Waals surface area contributed by atoms with Gasteiger partial charge in [-0.15, -0.1) is 0 Å². The molecular weight excluding hydrogens is 446 g/mol. The summed E-state index contributed by atoms with van der Waals surface area (Å²) >= 11 is 0. The van der Waals surface area contributed by atoms with Crippen LogP contribution in [0.25, 0.3) is 16.6 Å². The average Bonchev–Trinajstić information content (AvgIpc) is 3.11. The summed E-state index contributed by atoms with van der Waals surface area (Å²) in [6.45, 7) is 9.38. The number of carbonyl (C=O) groups excluding carboxylic acids is 1. The Morgan fingerprint density at radius 1 is 1.23 bits per heavy atom. The maximum Gasteiger partial charge on any atom is 0.412 e. The van der Waals surface area contributed by atoms with Crippen molar-refractivity contribution < 1.29 is 14.3 Å². The van der Waals surface area contributed by atoms with Crippen LogP contribution in [0.4, 0.5) is 22.1 Å². The van der Waals surface area contributed by atoms with E-state index in [-0.39, 0.29) is 0 Å². The number of hydrogen-bond donors (Lipinski definition) is 3. The number of methoxy groups -OCH3 is 1. The second-order valence-corrected chi connectivity index (χ2v) is 9.82. The number of anilines is 3. The SMILES string of the molecule is CNC1CCN(c2c(C)c(-c3ccc(NC(=O)OC(C)(C)C)c(OC)c3)c3c(N)ncnn23)CC1. The van der Waals surface area contributed by atoms with E-state index >= 15 is 0 Å². The highest BCUT2D eigenvalue weighted by Crippen LogP contribution is 2.41. The number of rotatable bonds is 5. The summed E-state index contributed by atoms with van der Waals surface area (Å²) in [7, 11) is 3.58. The zero-order valence-electron chi connectivity index (χ0n) is 21.3. The number of aromatic nitrogens is 3. The second kappa shape index (κ2) is 9.61. The highest BCUT2D eigenvalue weighted by atomic mass is 16.6. The lowest BCUT2D eigenvalue weighted by Gasteiger charge is -2.33. The Kier molecular flexibility index (Phi) is 6.75. The molecule has 1 aliphatic rings. The average molecular weight is 482 g/mol. The lowest BCUT2D eigenvalue weighted by Crippen LogP contribution is -2.42. The number of nitrogens with one attached hydrogen (secondary N) is 2. The van der Waals surface area contributed by atoms with Crippen LogP contribution in [-0.4, -0.2) is 59.6 Å². The lowest BCUT2D eigenvalue weighted by atomic mass is 10.0. The van der Waals surface area contributed by atoms with Gasteiger partial charge in [0, 0.05) is 30.3 Å². The molecule has 1 aromatic carbocycles. The minimum atomic E-state index is -0.602. The number of piperidine rings is 1. The number of ether oxygens (including phenoxy) is 2. The molecule has 10 heteroatoms. The van der Waals surface area contributed by atoms with E-state index in [1.165, 1.54) is 6.33 Å². The molecular formula is C25H35N7O3. The maximum absolute atomic E-state index is 12.3. The Bertz CT molecular complexity index is 1220. The molecule has 35 heavy (non-hydrogen) atoms. The molecule has 1 aliphatic heterocycles. The number of amides is 1. The first kappa shape index (κ1) is 24.6. The first-order valence-electron chi connectivity index (χ1n) is 11.8. The normalized spacial score (nSPS) is 14.9. The fourth-order valence-electron chi connectivity index (χ4n) is 4.68. The predicted octanol–water partition coefficient (Wildman–Crippen LogP) is 3.83. The van der Waals surface area contributed by atoms with Crippen molar-refractivity contribution in [2.75, 3.05) is 43.2 Å². The summed E-state index contributed by atoms with van der Waals surface area (Å²) in [5.74, 6) is 1.94. The quantitative estimate of drug-likeness (QED) is 0.503. The smallest absolute Gasteiger partial charge is 0.412 e. The standard InChI is InChI=1S/C25H35N7O3/c1-15-20(16-7-8-18(19(13-16)34-6)30-24(33)35-25(2,3)4)21-22(26)28-14-29-32(21)23(15)31-11-9-17(27-5)10-12-31/h7-8,13-14,17,27H,9-12H2,1-6H3,(H,30,33)(H2,26,28,29). The van der Waals surface area contributed by atoms with E-state index in [0.29, 0.717) is 23.3 Å². The molecule has 0 atom stereocenters. The minimum Gasteiger partial charge on any atom is -0.495 e. The topological polar surface area (TPSA) is 119 Å². The van der Waals surface area contributed by atoms with Crippen LogP contribution in [0.5, 0.6) is 5.75 Å². The first-order chi connectivity index (χ1) is 16.6. The largest absolute Gasteiger partial charge is 0.495 e. The van der Waals surface area contributed by atoms with Gasteiger partial charge in [0.15, 0.2) is 5.82 Å². The molecule has 3 heterocycles. The van der Waals surface area contributed by atoms with Gasteiger partial charge in [-0.1, -0.05) is 6.07 Å². The maximum atomic E-state index is 12.3. The Morgan fingerprint density at radius 2 is 1.94 bits per heavy atom. The molecule has 0 bridgehead atoms. The van der Waals surface area contributed by atoms with Crippen LogP contribution in [0.3, 0.4) is 0 Å². The van der Waals surface area contributed by atoms with Crippen molar-refractivity contribution in [1.29, 1.82) is 0 Å². The van der Waals surface area contributed by atoms with Crippen LogP contribution in [0.1, 0.15) is 39.2 Å². The zero-order chi connectivity index (χ0) is 25.3. The minimum absolute atomic E-state index is 0.407.